The molecule has 0 radical (unpaired) electrons. The summed E-state index contributed by atoms with van der Waals surface area (Å²) >= 11 is 0. The van der Waals surface area contributed by atoms with Crippen LogP contribution in [0.5, 0.6) is 5.75 Å². The Kier molecular flexibility index (Phi) is 5.11. The van der Waals surface area contributed by atoms with Gasteiger partial charge in [0.2, 0.25) is 0 Å². The maximum absolute atomic E-state index is 11.2. The minimum Gasteiger partial charge on any atom is -0.491 e. The fourth-order valence-corrected chi connectivity index (χ4v) is 2.72. The monoisotopic (exact) mass is 355 g/mol. The van der Waals surface area contributed by atoms with Crippen LogP contribution in [0.2, 0.25) is 0 Å². The quantitative estimate of drug-likeness (QED) is 0.525. The number of nitrogens with two attached hydrogens (primary N) is 2. The molecule has 0 amide bonds. The lowest BCUT2D eigenvalue weighted by Crippen LogP contribution is -2.32. The molecule has 0 spiro atoms. The van der Waals surface area contributed by atoms with Crippen molar-refractivity contribution in [3.63, 3.8) is 0 Å². The van der Waals surface area contributed by atoms with Crippen LogP contribution < -0.4 is 20.9 Å². The van der Waals surface area contributed by atoms with E-state index in [1.807, 2.05) is 26.0 Å². The predicted octanol–water partition coefficient (Wildman–Crippen LogP) is -0.776. The molecule has 1 aliphatic rings. The summed E-state index contributed by atoms with van der Waals surface area (Å²) in [5.74, 6) is 0.252. The minimum atomic E-state index is -3.81. The zero-order valence-electron chi connectivity index (χ0n) is 13.4. The van der Waals surface area contributed by atoms with Crippen molar-refractivity contribution in [1.82, 2.24) is 4.72 Å². The summed E-state index contributed by atoms with van der Waals surface area (Å²) in [6.45, 7) is 3.66. The van der Waals surface area contributed by atoms with E-state index < -0.39 is 21.9 Å². The van der Waals surface area contributed by atoms with Gasteiger partial charge in [-0.2, -0.15) is 8.42 Å². The van der Waals surface area contributed by atoms with Crippen molar-refractivity contribution in [2.45, 2.75) is 25.5 Å². The molecule has 1 aliphatic heterocycles. The predicted molar refractivity (Wildman–Crippen MR) is 91.1 cm³/mol. The van der Waals surface area contributed by atoms with E-state index in [1.165, 1.54) is 0 Å². The number of hydrogen-bond donors (Lipinski definition) is 4. The van der Waals surface area contributed by atoms with Crippen LogP contribution in [0.15, 0.2) is 33.7 Å². The SMILES string of the molecule is CC(C)(N)c1cccc(OCC(O)CN=C2NS(=O)(=O)N=C2N)c1. The zero-order chi connectivity index (χ0) is 18.0. The summed E-state index contributed by atoms with van der Waals surface area (Å²) in [5, 5.41) is 9.90. The van der Waals surface area contributed by atoms with Crippen LogP contribution >= 0.6 is 0 Å². The fraction of sp³-hybridized carbons (Fsp3) is 0.429. The Morgan fingerprint density at radius 1 is 1.46 bits per heavy atom. The molecule has 9 nitrogen and oxygen atoms in total. The summed E-state index contributed by atoms with van der Waals surface area (Å²) in [6, 6.07) is 7.26. The molecule has 1 atom stereocenters. The van der Waals surface area contributed by atoms with Gasteiger partial charge in [0.1, 0.15) is 18.5 Å². The molecule has 0 bridgehead atoms. The molecule has 0 aliphatic carbocycles. The number of amidine groups is 2. The van der Waals surface area contributed by atoms with Crippen LogP contribution in [-0.4, -0.2) is 44.5 Å². The normalized spacial score (nSPS) is 19.7. The first-order chi connectivity index (χ1) is 11.1. The summed E-state index contributed by atoms with van der Waals surface area (Å²) in [5.41, 5.74) is 11.9. The highest BCUT2D eigenvalue weighted by atomic mass is 32.2. The maximum Gasteiger partial charge on any atom is 0.345 e. The third-order valence-electron chi connectivity index (χ3n) is 3.17. The van der Waals surface area contributed by atoms with E-state index in [2.05, 4.69) is 14.1 Å². The van der Waals surface area contributed by atoms with E-state index in [9.17, 15) is 13.5 Å². The highest BCUT2D eigenvalue weighted by Crippen LogP contribution is 2.21. The second-order valence-corrected chi connectivity index (χ2v) is 7.29. The summed E-state index contributed by atoms with van der Waals surface area (Å²) in [7, 11) is -3.81. The van der Waals surface area contributed by atoms with Gasteiger partial charge in [-0.25, -0.2) is 4.72 Å². The first-order valence-corrected chi connectivity index (χ1v) is 8.64. The first-order valence-electron chi connectivity index (χ1n) is 7.20. The van der Waals surface area contributed by atoms with E-state index in [-0.39, 0.29) is 24.8 Å². The van der Waals surface area contributed by atoms with Crippen molar-refractivity contribution in [3.05, 3.63) is 29.8 Å². The Morgan fingerprint density at radius 3 is 2.75 bits per heavy atom. The number of hydrogen-bond acceptors (Lipinski definition) is 7. The Morgan fingerprint density at radius 2 is 2.17 bits per heavy atom. The lowest BCUT2D eigenvalue weighted by Gasteiger charge is -2.20. The number of benzene rings is 1. The number of ether oxygens (including phenoxy) is 1. The topological polar surface area (TPSA) is 152 Å². The number of aliphatic hydroxyl groups is 1. The van der Waals surface area contributed by atoms with E-state index in [1.54, 1.807) is 12.1 Å². The van der Waals surface area contributed by atoms with E-state index >= 15 is 0 Å². The molecular formula is C14H21N5O4S. The highest BCUT2D eigenvalue weighted by molar-refractivity contribution is 7.89. The molecule has 132 valence electrons. The molecule has 1 aromatic rings. The fourth-order valence-electron chi connectivity index (χ4n) is 1.91. The van der Waals surface area contributed by atoms with Gasteiger partial charge in [-0.1, -0.05) is 12.1 Å². The van der Waals surface area contributed by atoms with Gasteiger partial charge < -0.3 is 21.3 Å². The molecule has 1 unspecified atom stereocenters. The number of rotatable bonds is 6. The zero-order valence-corrected chi connectivity index (χ0v) is 14.2. The molecular weight excluding hydrogens is 334 g/mol. The molecule has 24 heavy (non-hydrogen) atoms. The number of aliphatic imine (C=N–C) groups is 1. The Balaban J connectivity index is 1.91. The van der Waals surface area contributed by atoms with Crippen molar-refractivity contribution in [1.29, 1.82) is 0 Å². The van der Waals surface area contributed by atoms with Gasteiger partial charge in [-0.15, -0.1) is 4.40 Å². The lowest BCUT2D eigenvalue weighted by molar-refractivity contribution is 0.114. The van der Waals surface area contributed by atoms with Crippen LogP contribution in [0.4, 0.5) is 0 Å². The van der Waals surface area contributed by atoms with E-state index in [0.29, 0.717) is 5.75 Å². The molecule has 0 saturated heterocycles. The van der Waals surface area contributed by atoms with Gasteiger partial charge in [0.25, 0.3) is 0 Å². The Bertz CT molecular complexity index is 768. The smallest absolute Gasteiger partial charge is 0.345 e. The van der Waals surface area contributed by atoms with Crippen LogP contribution in [0.25, 0.3) is 0 Å². The summed E-state index contributed by atoms with van der Waals surface area (Å²) in [4.78, 5) is 3.89. The first kappa shape index (κ1) is 18.2. The Labute approximate surface area is 140 Å². The molecule has 6 N–H and O–H groups in total. The van der Waals surface area contributed by atoms with E-state index in [0.717, 1.165) is 5.56 Å². The van der Waals surface area contributed by atoms with Gasteiger partial charge in [0, 0.05) is 5.54 Å². The van der Waals surface area contributed by atoms with Gasteiger partial charge in [-0.3, -0.25) is 4.99 Å². The molecule has 10 heteroatoms. The van der Waals surface area contributed by atoms with Gasteiger partial charge >= 0.3 is 10.2 Å². The van der Waals surface area contributed by atoms with Crippen LogP contribution in [0.3, 0.4) is 0 Å². The molecule has 1 aromatic carbocycles. The number of nitrogens with zero attached hydrogens (tertiary/aromatic N) is 2. The van der Waals surface area contributed by atoms with Crippen molar-refractivity contribution >= 4 is 21.9 Å². The van der Waals surface area contributed by atoms with Crippen molar-refractivity contribution in [2.24, 2.45) is 20.9 Å². The third-order valence-corrected chi connectivity index (χ3v) is 4.06. The largest absolute Gasteiger partial charge is 0.491 e. The molecule has 1 heterocycles. The van der Waals surface area contributed by atoms with Crippen LogP contribution in [-0.2, 0) is 15.7 Å². The molecule has 0 fully saturated rings. The third kappa shape index (κ3) is 4.91. The van der Waals surface area contributed by atoms with Gasteiger partial charge in [0.05, 0.1) is 6.54 Å². The average molecular weight is 355 g/mol. The summed E-state index contributed by atoms with van der Waals surface area (Å²) in [6.07, 6.45) is -0.940. The van der Waals surface area contributed by atoms with Crippen molar-refractivity contribution < 1.29 is 18.3 Å². The molecule has 2 rings (SSSR count). The second kappa shape index (κ2) is 6.75. The molecule has 0 aromatic heterocycles. The Hall–Kier alpha value is -2.17. The van der Waals surface area contributed by atoms with Crippen molar-refractivity contribution in [2.75, 3.05) is 13.2 Å². The summed E-state index contributed by atoms with van der Waals surface area (Å²) < 4.78 is 33.1. The lowest BCUT2D eigenvalue weighted by atomic mass is 9.96. The van der Waals surface area contributed by atoms with E-state index in [4.69, 9.17) is 16.2 Å². The minimum absolute atomic E-state index is 0.0188. The standard InChI is InChI=1S/C14H21N5O4S/c1-14(2,16)9-4-3-5-11(6-9)23-8-10(20)7-17-13-12(15)18-24(21,22)19-13/h3-6,10,20H,7-8,16H2,1-2H3,(H2,15,18)(H,17,19). The maximum atomic E-state index is 11.2. The van der Waals surface area contributed by atoms with Gasteiger partial charge in [0.15, 0.2) is 11.7 Å². The van der Waals surface area contributed by atoms with Crippen LogP contribution in [0, 0.1) is 0 Å². The average Bonchev–Trinajstić information content (AvgIpc) is 2.74. The van der Waals surface area contributed by atoms with Gasteiger partial charge in [-0.05, 0) is 31.5 Å². The van der Waals surface area contributed by atoms with Crippen molar-refractivity contribution in [3.8, 4) is 5.75 Å². The number of nitrogens with one attached hydrogen (secondary N) is 1. The van der Waals surface area contributed by atoms with Crippen LogP contribution in [0.1, 0.15) is 19.4 Å². The second-order valence-electron chi connectivity index (χ2n) is 5.96. The highest BCUT2D eigenvalue weighted by Gasteiger charge is 2.23. The molecule has 0 saturated carbocycles. The number of aliphatic hydroxyl groups excluding tert-OH is 1.